The van der Waals surface area contributed by atoms with Gasteiger partial charge in [0, 0.05) is 11.7 Å². The monoisotopic (exact) mass is 415 g/mol. The van der Waals surface area contributed by atoms with Crippen LogP contribution in [0.1, 0.15) is 0 Å². The van der Waals surface area contributed by atoms with E-state index in [-0.39, 0.29) is 13.2 Å². The van der Waals surface area contributed by atoms with Crippen LogP contribution in [0.4, 0.5) is 0 Å². The average Bonchev–Trinajstić information content (AvgIpc) is 3.15. The van der Waals surface area contributed by atoms with Gasteiger partial charge in [-0.15, -0.1) is 0 Å². The van der Waals surface area contributed by atoms with Gasteiger partial charge in [-0.05, 0) is 41.8 Å². The summed E-state index contributed by atoms with van der Waals surface area (Å²) in [5.41, 5.74) is 1.08. The van der Waals surface area contributed by atoms with Gasteiger partial charge in [-0.1, -0.05) is 18.2 Å². The number of para-hydroxylation sites is 1. The summed E-state index contributed by atoms with van der Waals surface area (Å²) in [6.07, 6.45) is 0.655. The van der Waals surface area contributed by atoms with Gasteiger partial charge >= 0.3 is 0 Å². The van der Waals surface area contributed by atoms with E-state index in [2.05, 4.69) is 0 Å². The molecule has 0 aliphatic rings. The standard InChI is InChI=1S/C23H30N2O5/c1-29-21-6-8-22(9-7-21)30-17-20(28)15-24(12-13-26)14-19(27)16-25-11-10-18-4-2-3-5-23(18)25/h2-11,19-20,26-28H,12-17H2,1H3/p+1/t19-,20-/m0/s1. The number of aromatic nitrogens is 1. The summed E-state index contributed by atoms with van der Waals surface area (Å²) in [5, 5.41) is 31.5. The van der Waals surface area contributed by atoms with Crippen LogP contribution < -0.4 is 14.4 Å². The topological polar surface area (TPSA) is 88.5 Å². The lowest BCUT2D eigenvalue weighted by molar-refractivity contribution is -0.906. The number of aliphatic hydroxyl groups excluding tert-OH is 3. The zero-order chi connectivity index (χ0) is 21.3. The largest absolute Gasteiger partial charge is 0.497 e. The molecule has 3 aromatic rings. The van der Waals surface area contributed by atoms with Gasteiger partial charge in [0.15, 0.2) is 0 Å². The molecule has 4 N–H and O–H groups in total. The van der Waals surface area contributed by atoms with Gasteiger partial charge in [0.25, 0.3) is 0 Å². The highest BCUT2D eigenvalue weighted by molar-refractivity contribution is 5.79. The van der Waals surface area contributed by atoms with E-state index in [4.69, 9.17) is 9.47 Å². The second-order valence-corrected chi connectivity index (χ2v) is 7.45. The molecule has 7 nitrogen and oxygen atoms in total. The van der Waals surface area contributed by atoms with Gasteiger partial charge in [0.2, 0.25) is 0 Å². The van der Waals surface area contributed by atoms with Gasteiger partial charge in [-0.3, -0.25) is 0 Å². The number of ether oxygens (including phenoxy) is 2. The molecule has 162 valence electrons. The van der Waals surface area contributed by atoms with E-state index in [1.165, 1.54) is 0 Å². The predicted octanol–water partition coefficient (Wildman–Crippen LogP) is 0.328. The summed E-state index contributed by atoms with van der Waals surface area (Å²) in [6.45, 7) is 1.83. The van der Waals surface area contributed by atoms with E-state index >= 15 is 0 Å². The molecule has 7 heteroatoms. The molecular formula is C23H31N2O5+. The number of nitrogens with zero attached hydrogens (tertiary/aromatic N) is 1. The zero-order valence-corrected chi connectivity index (χ0v) is 17.3. The lowest BCUT2D eigenvalue weighted by Gasteiger charge is -2.24. The van der Waals surface area contributed by atoms with E-state index in [1.54, 1.807) is 31.4 Å². The van der Waals surface area contributed by atoms with Crippen molar-refractivity contribution in [1.82, 2.24) is 4.57 Å². The molecule has 0 radical (unpaired) electrons. The maximum absolute atomic E-state index is 10.6. The molecule has 0 bridgehead atoms. The second kappa shape index (κ2) is 11.0. The van der Waals surface area contributed by atoms with Crippen LogP contribution in [0.3, 0.4) is 0 Å². The Labute approximate surface area is 176 Å². The number of hydrogen-bond donors (Lipinski definition) is 4. The van der Waals surface area contributed by atoms with Gasteiger partial charge in [-0.25, -0.2) is 0 Å². The van der Waals surface area contributed by atoms with Gasteiger partial charge < -0.3 is 34.3 Å². The SMILES string of the molecule is COc1ccc(OC[C@@H](O)C[NH+](CCO)C[C@H](O)Cn2ccc3ccccc32)cc1. The number of nitrogens with one attached hydrogen (secondary N) is 1. The number of rotatable bonds is 12. The van der Waals surface area contributed by atoms with Crippen molar-refractivity contribution in [3.63, 3.8) is 0 Å². The van der Waals surface area contributed by atoms with Gasteiger partial charge in [-0.2, -0.15) is 0 Å². The molecule has 0 amide bonds. The number of fused-ring (bicyclic) bond motifs is 1. The molecular weight excluding hydrogens is 384 g/mol. The maximum Gasteiger partial charge on any atom is 0.137 e. The number of benzene rings is 2. The molecule has 0 saturated carbocycles. The maximum atomic E-state index is 10.6. The molecule has 0 aliphatic carbocycles. The van der Waals surface area contributed by atoms with E-state index in [0.29, 0.717) is 31.9 Å². The molecule has 0 saturated heterocycles. The molecule has 0 aliphatic heterocycles. The van der Waals surface area contributed by atoms with Crippen molar-refractivity contribution in [2.45, 2.75) is 18.8 Å². The number of aliphatic hydroxyl groups is 3. The number of methoxy groups -OCH3 is 1. The van der Waals surface area contributed by atoms with Gasteiger partial charge in [0.1, 0.15) is 49.9 Å². The van der Waals surface area contributed by atoms with E-state index < -0.39 is 12.2 Å². The summed E-state index contributed by atoms with van der Waals surface area (Å²) < 4.78 is 12.8. The lowest BCUT2D eigenvalue weighted by atomic mass is 10.2. The van der Waals surface area contributed by atoms with Crippen LogP contribution in [0, 0.1) is 0 Å². The minimum atomic E-state index is -0.715. The van der Waals surface area contributed by atoms with Crippen molar-refractivity contribution >= 4 is 10.9 Å². The summed E-state index contributed by atoms with van der Waals surface area (Å²) in [4.78, 5) is 0.923. The minimum absolute atomic E-state index is 0.0133. The number of quaternary nitrogens is 1. The zero-order valence-electron chi connectivity index (χ0n) is 17.3. The fourth-order valence-electron chi connectivity index (χ4n) is 3.63. The highest BCUT2D eigenvalue weighted by Gasteiger charge is 2.20. The Hall–Kier alpha value is -2.58. The first-order valence-electron chi connectivity index (χ1n) is 10.2. The molecule has 1 unspecified atom stereocenters. The average molecular weight is 416 g/mol. The third kappa shape index (κ3) is 6.21. The van der Waals surface area contributed by atoms with Crippen LogP contribution in [-0.2, 0) is 6.54 Å². The Morgan fingerprint density at radius 1 is 0.933 bits per heavy atom. The van der Waals surface area contributed by atoms with Crippen LogP contribution in [0.5, 0.6) is 11.5 Å². The molecule has 0 fully saturated rings. The third-order valence-electron chi connectivity index (χ3n) is 5.10. The quantitative estimate of drug-likeness (QED) is 0.342. The van der Waals surface area contributed by atoms with Crippen molar-refractivity contribution in [3.8, 4) is 11.5 Å². The van der Waals surface area contributed by atoms with Crippen LogP contribution >= 0.6 is 0 Å². The molecule has 1 aromatic heterocycles. The first kappa shape index (κ1) is 22.1. The fraction of sp³-hybridized carbons (Fsp3) is 0.391. The summed E-state index contributed by atoms with van der Waals surface area (Å²) in [5.74, 6) is 1.39. The lowest BCUT2D eigenvalue weighted by Crippen LogP contribution is -3.14. The summed E-state index contributed by atoms with van der Waals surface area (Å²) in [6, 6.07) is 17.2. The number of hydrogen-bond acceptors (Lipinski definition) is 5. The van der Waals surface area contributed by atoms with Crippen LogP contribution in [0.15, 0.2) is 60.8 Å². The van der Waals surface area contributed by atoms with Gasteiger partial charge in [0.05, 0.1) is 20.3 Å². The summed E-state index contributed by atoms with van der Waals surface area (Å²) in [7, 11) is 1.60. The molecule has 0 spiro atoms. The Balaban J connectivity index is 1.50. The second-order valence-electron chi connectivity index (χ2n) is 7.45. The fourth-order valence-corrected chi connectivity index (χ4v) is 3.63. The van der Waals surface area contributed by atoms with Crippen molar-refractivity contribution in [1.29, 1.82) is 0 Å². The normalized spacial score (nSPS) is 14.4. The van der Waals surface area contributed by atoms with Crippen LogP contribution in [0.25, 0.3) is 10.9 Å². The van der Waals surface area contributed by atoms with Crippen LogP contribution in [-0.4, -0.2) is 72.1 Å². The molecule has 3 rings (SSSR count). The third-order valence-corrected chi connectivity index (χ3v) is 5.10. The molecule has 30 heavy (non-hydrogen) atoms. The summed E-state index contributed by atoms with van der Waals surface area (Å²) >= 11 is 0. The molecule has 3 atom stereocenters. The Bertz CT molecular complexity index is 896. The van der Waals surface area contributed by atoms with E-state index in [1.807, 2.05) is 41.1 Å². The molecule has 1 heterocycles. The molecule has 2 aromatic carbocycles. The first-order valence-corrected chi connectivity index (χ1v) is 10.2. The van der Waals surface area contributed by atoms with Crippen molar-refractivity contribution in [2.75, 3.05) is 40.0 Å². The first-order chi connectivity index (χ1) is 14.6. The highest BCUT2D eigenvalue weighted by atomic mass is 16.5. The van der Waals surface area contributed by atoms with Crippen molar-refractivity contribution in [3.05, 3.63) is 60.8 Å². The Kier molecular flexibility index (Phi) is 8.10. The van der Waals surface area contributed by atoms with Crippen LogP contribution in [0.2, 0.25) is 0 Å². The Morgan fingerprint density at radius 2 is 1.63 bits per heavy atom. The Morgan fingerprint density at radius 3 is 2.37 bits per heavy atom. The minimum Gasteiger partial charge on any atom is -0.497 e. The van der Waals surface area contributed by atoms with E-state index in [9.17, 15) is 15.3 Å². The van der Waals surface area contributed by atoms with E-state index in [0.717, 1.165) is 21.6 Å². The van der Waals surface area contributed by atoms with Crippen molar-refractivity contribution in [2.24, 2.45) is 0 Å². The smallest absolute Gasteiger partial charge is 0.137 e. The van der Waals surface area contributed by atoms with Crippen molar-refractivity contribution < 1.29 is 29.7 Å². The predicted molar refractivity (Wildman–Crippen MR) is 115 cm³/mol. The highest BCUT2D eigenvalue weighted by Crippen LogP contribution is 2.17.